The molecule has 1 aromatic rings. The minimum Gasteiger partial charge on any atom is -0.459 e. The van der Waals surface area contributed by atoms with Crippen LogP contribution in [0.1, 0.15) is 23.2 Å². The second-order valence-corrected chi connectivity index (χ2v) is 5.13. The van der Waals surface area contributed by atoms with Crippen molar-refractivity contribution < 1.29 is 14.3 Å². The topological polar surface area (TPSA) is 46.6 Å². The summed E-state index contributed by atoms with van der Waals surface area (Å²) in [4.78, 5) is 24.2. The Morgan fingerprint density at radius 1 is 1.32 bits per heavy atom. The van der Waals surface area contributed by atoms with E-state index >= 15 is 0 Å². The van der Waals surface area contributed by atoms with Crippen LogP contribution < -0.4 is 0 Å². The molecule has 1 aliphatic rings. The summed E-state index contributed by atoms with van der Waals surface area (Å²) in [6.07, 6.45) is 1.91. The third kappa shape index (κ3) is 3.39. The summed E-state index contributed by atoms with van der Waals surface area (Å²) < 4.78 is 5.38. The molecular formula is C13H13Cl2NO3. The molecule has 1 heterocycles. The third-order valence-electron chi connectivity index (χ3n) is 3.07. The molecule has 0 unspecified atom stereocenters. The molecule has 1 fully saturated rings. The molecule has 19 heavy (non-hydrogen) atoms. The number of esters is 1. The molecule has 1 aromatic carbocycles. The van der Waals surface area contributed by atoms with Gasteiger partial charge in [0, 0.05) is 25.9 Å². The third-order valence-corrected chi connectivity index (χ3v) is 3.89. The molecule has 0 saturated carbocycles. The maximum atomic E-state index is 12.0. The van der Waals surface area contributed by atoms with E-state index in [0.29, 0.717) is 31.0 Å². The number of halogens is 2. The lowest BCUT2D eigenvalue weighted by molar-refractivity contribution is -0.120. The van der Waals surface area contributed by atoms with Crippen molar-refractivity contribution in [3.63, 3.8) is 0 Å². The molecule has 0 radical (unpaired) electrons. The highest BCUT2D eigenvalue weighted by atomic mass is 35.5. The fraction of sp³-hybridized carbons (Fsp3) is 0.385. The Morgan fingerprint density at radius 2 is 2.00 bits per heavy atom. The zero-order valence-corrected chi connectivity index (χ0v) is 11.7. The average molecular weight is 302 g/mol. The summed E-state index contributed by atoms with van der Waals surface area (Å²) in [5.41, 5.74) is 0.270. The minimum atomic E-state index is -0.475. The molecule has 6 heteroatoms. The quantitative estimate of drug-likeness (QED) is 0.637. The van der Waals surface area contributed by atoms with Crippen molar-refractivity contribution in [2.75, 3.05) is 13.1 Å². The van der Waals surface area contributed by atoms with Crippen molar-refractivity contribution in [2.45, 2.75) is 18.9 Å². The van der Waals surface area contributed by atoms with E-state index < -0.39 is 5.97 Å². The van der Waals surface area contributed by atoms with Crippen LogP contribution in [0.15, 0.2) is 18.2 Å². The summed E-state index contributed by atoms with van der Waals surface area (Å²) in [6, 6.07) is 4.85. The Kier molecular flexibility index (Phi) is 4.66. The Bertz CT molecular complexity index is 485. The average Bonchev–Trinajstić information content (AvgIpc) is 2.42. The summed E-state index contributed by atoms with van der Waals surface area (Å²) in [7, 11) is 0. The lowest BCUT2D eigenvalue weighted by atomic mass is 10.1. The fourth-order valence-electron chi connectivity index (χ4n) is 1.98. The van der Waals surface area contributed by atoms with E-state index in [0.717, 1.165) is 6.41 Å². The van der Waals surface area contributed by atoms with E-state index in [4.69, 9.17) is 27.9 Å². The highest BCUT2D eigenvalue weighted by Crippen LogP contribution is 2.27. The van der Waals surface area contributed by atoms with E-state index in [1.54, 1.807) is 23.1 Å². The van der Waals surface area contributed by atoms with Crippen LogP contribution in [0.4, 0.5) is 0 Å². The number of carbonyl (C=O) groups excluding carboxylic acids is 2. The van der Waals surface area contributed by atoms with Crippen molar-refractivity contribution in [1.29, 1.82) is 0 Å². The molecule has 0 atom stereocenters. The number of likely N-dealkylation sites (tertiary alicyclic amines) is 1. The van der Waals surface area contributed by atoms with Crippen molar-refractivity contribution in [2.24, 2.45) is 0 Å². The number of piperidine rings is 1. The molecule has 102 valence electrons. The first-order valence-corrected chi connectivity index (χ1v) is 6.71. The fourth-order valence-corrected chi connectivity index (χ4v) is 2.35. The maximum Gasteiger partial charge on any atom is 0.339 e. The van der Waals surface area contributed by atoms with Crippen LogP contribution in [-0.4, -0.2) is 36.5 Å². The van der Waals surface area contributed by atoms with E-state index in [1.807, 2.05) is 0 Å². The first-order chi connectivity index (χ1) is 9.11. The van der Waals surface area contributed by atoms with Gasteiger partial charge in [-0.2, -0.15) is 0 Å². The van der Waals surface area contributed by atoms with Gasteiger partial charge in [0.1, 0.15) is 6.10 Å². The van der Waals surface area contributed by atoms with Crippen molar-refractivity contribution in [1.82, 2.24) is 4.90 Å². The van der Waals surface area contributed by atoms with Gasteiger partial charge in [-0.05, 0) is 12.1 Å². The molecule has 2 rings (SSSR count). The summed E-state index contributed by atoms with van der Waals surface area (Å²) >= 11 is 11.8. The molecule has 1 amide bonds. The molecule has 0 bridgehead atoms. The van der Waals surface area contributed by atoms with Crippen LogP contribution >= 0.6 is 23.2 Å². The minimum absolute atomic E-state index is 0.182. The van der Waals surface area contributed by atoms with Crippen LogP contribution in [0, 0.1) is 0 Å². The monoisotopic (exact) mass is 301 g/mol. The first kappa shape index (κ1) is 14.2. The molecule has 0 aromatic heterocycles. The second kappa shape index (κ2) is 6.26. The van der Waals surface area contributed by atoms with E-state index in [-0.39, 0.29) is 16.7 Å². The number of hydrogen-bond donors (Lipinski definition) is 0. The number of carbonyl (C=O) groups is 2. The molecule has 1 saturated heterocycles. The van der Waals surface area contributed by atoms with Gasteiger partial charge in [0.15, 0.2) is 0 Å². The summed E-state index contributed by atoms with van der Waals surface area (Å²) in [5, 5.41) is 0.534. The molecule has 1 aliphatic heterocycles. The van der Waals surface area contributed by atoms with Crippen molar-refractivity contribution in [3.8, 4) is 0 Å². The summed E-state index contributed by atoms with van der Waals surface area (Å²) in [5.74, 6) is -0.475. The lowest BCUT2D eigenvalue weighted by Gasteiger charge is -2.28. The van der Waals surface area contributed by atoms with Gasteiger partial charge in [0.2, 0.25) is 6.41 Å². The molecule has 0 aliphatic carbocycles. The second-order valence-electron chi connectivity index (χ2n) is 4.35. The van der Waals surface area contributed by atoms with Crippen LogP contribution in [0.3, 0.4) is 0 Å². The maximum absolute atomic E-state index is 12.0. The Morgan fingerprint density at radius 3 is 2.63 bits per heavy atom. The van der Waals surface area contributed by atoms with Gasteiger partial charge < -0.3 is 9.64 Å². The van der Waals surface area contributed by atoms with Crippen LogP contribution in [-0.2, 0) is 9.53 Å². The van der Waals surface area contributed by atoms with Gasteiger partial charge in [0.05, 0.1) is 15.6 Å². The Balaban J connectivity index is 1.98. The van der Waals surface area contributed by atoms with Gasteiger partial charge >= 0.3 is 5.97 Å². The Labute approximate surface area is 121 Å². The number of rotatable bonds is 3. The molecule has 0 N–H and O–H groups in total. The number of nitrogens with zero attached hydrogens (tertiary/aromatic N) is 1. The number of ether oxygens (including phenoxy) is 1. The van der Waals surface area contributed by atoms with E-state index in [9.17, 15) is 9.59 Å². The molecular weight excluding hydrogens is 289 g/mol. The first-order valence-electron chi connectivity index (χ1n) is 5.96. The number of amides is 1. The highest BCUT2D eigenvalue weighted by Gasteiger charge is 2.23. The van der Waals surface area contributed by atoms with Gasteiger partial charge in [-0.3, -0.25) is 4.79 Å². The standard InChI is InChI=1S/C13H13Cl2NO3/c14-11-3-1-2-10(12(11)15)13(18)19-9-4-6-16(8-17)7-5-9/h1-3,8-9H,4-7H2. The summed E-state index contributed by atoms with van der Waals surface area (Å²) in [6.45, 7) is 1.20. The van der Waals surface area contributed by atoms with E-state index in [2.05, 4.69) is 0 Å². The number of hydrogen-bond acceptors (Lipinski definition) is 3. The highest BCUT2D eigenvalue weighted by molar-refractivity contribution is 6.43. The van der Waals surface area contributed by atoms with Crippen molar-refractivity contribution in [3.05, 3.63) is 33.8 Å². The van der Waals surface area contributed by atoms with Crippen LogP contribution in [0.5, 0.6) is 0 Å². The zero-order chi connectivity index (χ0) is 13.8. The van der Waals surface area contributed by atoms with Gasteiger partial charge in [0.25, 0.3) is 0 Å². The van der Waals surface area contributed by atoms with E-state index in [1.165, 1.54) is 0 Å². The van der Waals surface area contributed by atoms with Gasteiger partial charge in [-0.25, -0.2) is 4.79 Å². The Hall–Kier alpha value is -1.26. The predicted molar refractivity (Wildman–Crippen MR) is 72.5 cm³/mol. The van der Waals surface area contributed by atoms with Crippen LogP contribution in [0.2, 0.25) is 10.0 Å². The lowest BCUT2D eigenvalue weighted by Crippen LogP contribution is -2.36. The zero-order valence-electron chi connectivity index (χ0n) is 10.1. The molecule has 4 nitrogen and oxygen atoms in total. The predicted octanol–water partition coefficient (Wildman–Crippen LogP) is 2.77. The number of benzene rings is 1. The molecule has 0 spiro atoms. The SMILES string of the molecule is O=CN1CCC(OC(=O)c2cccc(Cl)c2Cl)CC1. The van der Waals surface area contributed by atoms with Crippen molar-refractivity contribution >= 4 is 35.6 Å². The van der Waals surface area contributed by atoms with Crippen LogP contribution in [0.25, 0.3) is 0 Å². The van der Waals surface area contributed by atoms with Gasteiger partial charge in [-0.1, -0.05) is 29.3 Å². The smallest absolute Gasteiger partial charge is 0.339 e. The largest absolute Gasteiger partial charge is 0.459 e. The normalized spacial score (nSPS) is 16.2. The van der Waals surface area contributed by atoms with Gasteiger partial charge in [-0.15, -0.1) is 0 Å².